The lowest BCUT2D eigenvalue weighted by atomic mass is 10.1. The Labute approximate surface area is 149 Å². The van der Waals surface area contributed by atoms with Gasteiger partial charge in [-0.25, -0.2) is 13.8 Å². The lowest BCUT2D eigenvalue weighted by Crippen LogP contribution is -2.53. The molecule has 2 heterocycles. The summed E-state index contributed by atoms with van der Waals surface area (Å²) in [5.74, 6) is -1.62. The molecule has 1 aliphatic heterocycles. The second-order valence-electron chi connectivity index (χ2n) is 6.31. The molecular formula is C18H19F2N3O3. The van der Waals surface area contributed by atoms with E-state index in [9.17, 15) is 18.4 Å². The zero-order valence-electron chi connectivity index (χ0n) is 14.3. The maximum atomic E-state index is 13.4. The Bertz CT molecular complexity index is 775. The van der Waals surface area contributed by atoms with Gasteiger partial charge in [0.1, 0.15) is 23.6 Å². The Hall–Kier alpha value is -2.77. The third-order valence-electron chi connectivity index (χ3n) is 4.44. The molecule has 0 aliphatic carbocycles. The highest BCUT2D eigenvalue weighted by atomic mass is 19.1. The number of piperazine rings is 1. The Morgan fingerprint density at radius 2 is 1.92 bits per heavy atom. The van der Waals surface area contributed by atoms with Gasteiger partial charge >= 0.3 is 0 Å². The molecule has 1 aromatic heterocycles. The summed E-state index contributed by atoms with van der Waals surface area (Å²) in [7, 11) is 0. The minimum Gasteiger partial charge on any atom is -0.451 e. The highest BCUT2D eigenvalue weighted by Gasteiger charge is 2.27. The highest BCUT2D eigenvalue weighted by Crippen LogP contribution is 2.23. The predicted octanol–water partition coefficient (Wildman–Crippen LogP) is 2.65. The maximum absolute atomic E-state index is 13.4. The predicted molar refractivity (Wildman–Crippen MR) is 89.8 cm³/mol. The quantitative estimate of drug-likeness (QED) is 0.764. The number of hydrogen-bond acceptors (Lipinski definition) is 5. The first kappa shape index (κ1) is 18.0. The molecule has 1 aromatic carbocycles. The first-order chi connectivity index (χ1) is 12.4. The number of nitrogens with zero attached hydrogens (tertiary/aromatic N) is 3. The van der Waals surface area contributed by atoms with E-state index in [1.807, 2.05) is 11.8 Å². The smallest absolute Gasteiger partial charge is 0.223 e. The minimum absolute atomic E-state index is 0.0646. The van der Waals surface area contributed by atoms with Crippen LogP contribution in [-0.2, 0) is 4.79 Å². The number of anilines is 1. The van der Waals surface area contributed by atoms with Crippen molar-refractivity contribution in [1.82, 2.24) is 9.88 Å². The molecule has 0 radical (unpaired) electrons. The van der Waals surface area contributed by atoms with E-state index in [1.54, 1.807) is 4.90 Å². The van der Waals surface area contributed by atoms with Gasteiger partial charge in [0.25, 0.3) is 0 Å². The SMILES string of the molecule is C[C@H]1CN(C(=O)CCC(=O)c2cocn2)CCN1c1cc(F)cc(F)c1. The van der Waals surface area contributed by atoms with Gasteiger partial charge in [-0.05, 0) is 19.1 Å². The van der Waals surface area contributed by atoms with Gasteiger partial charge in [0.05, 0.1) is 0 Å². The first-order valence-corrected chi connectivity index (χ1v) is 8.36. The number of oxazole rings is 1. The minimum atomic E-state index is -0.628. The average molecular weight is 363 g/mol. The van der Waals surface area contributed by atoms with Crippen LogP contribution in [-0.4, -0.2) is 47.3 Å². The van der Waals surface area contributed by atoms with Crippen molar-refractivity contribution in [2.75, 3.05) is 24.5 Å². The highest BCUT2D eigenvalue weighted by molar-refractivity contribution is 5.96. The van der Waals surface area contributed by atoms with Gasteiger partial charge in [0, 0.05) is 50.3 Å². The number of carbonyl (C=O) groups excluding carboxylic acids is 2. The summed E-state index contributed by atoms with van der Waals surface area (Å²) in [6, 6.07) is 3.31. The topological polar surface area (TPSA) is 66.7 Å². The van der Waals surface area contributed by atoms with Gasteiger partial charge < -0.3 is 14.2 Å². The van der Waals surface area contributed by atoms with Crippen LogP contribution in [0.25, 0.3) is 0 Å². The van der Waals surface area contributed by atoms with Crippen LogP contribution in [0.3, 0.4) is 0 Å². The number of rotatable bonds is 5. The molecule has 8 heteroatoms. The summed E-state index contributed by atoms with van der Waals surface area (Å²) in [6.45, 7) is 3.21. The number of halogens is 2. The fourth-order valence-corrected chi connectivity index (χ4v) is 3.13. The summed E-state index contributed by atoms with van der Waals surface area (Å²) in [4.78, 5) is 31.6. The van der Waals surface area contributed by atoms with E-state index in [-0.39, 0.29) is 36.3 Å². The van der Waals surface area contributed by atoms with E-state index in [1.165, 1.54) is 24.8 Å². The Morgan fingerprint density at radius 1 is 1.19 bits per heavy atom. The normalized spacial score (nSPS) is 17.4. The summed E-state index contributed by atoms with van der Waals surface area (Å²) in [5, 5.41) is 0. The number of benzene rings is 1. The molecule has 26 heavy (non-hydrogen) atoms. The fourth-order valence-electron chi connectivity index (χ4n) is 3.13. The molecule has 0 unspecified atom stereocenters. The standard InChI is InChI=1S/C18H19F2N3O3/c1-12-9-22(18(25)3-2-17(24)16-10-26-11-21-16)4-5-23(12)15-7-13(19)6-14(20)8-15/h6-8,10-12H,2-5,9H2,1H3/t12-/m0/s1. The van der Waals surface area contributed by atoms with Crippen molar-refractivity contribution in [3.8, 4) is 0 Å². The lowest BCUT2D eigenvalue weighted by molar-refractivity contribution is -0.131. The average Bonchev–Trinajstić information content (AvgIpc) is 3.13. The summed E-state index contributed by atoms with van der Waals surface area (Å²) in [5.41, 5.74) is 0.674. The van der Waals surface area contributed by atoms with E-state index in [0.29, 0.717) is 25.3 Å². The Balaban J connectivity index is 1.56. The van der Waals surface area contributed by atoms with Crippen LogP contribution in [0.15, 0.2) is 35.3 Å². The zero-order valence-corrected chi connectivity index (χ0v) is 14.3. The largest absolute Gasteiger partial charge is 0.451 e. The molecule has 0 N–H and O–H groups in total. The van der Waals surface area contributed by atoms with Crippen molar-refractivity contribution in [1.29, 1.82) is 0 Å². The molecule has 138 valence electrons. The number of Topliss-reactive ketones (excluding diaryl/α,β-unsaturated/α-hetero) is 1. The molecule has 3 rings (SSSR count). The molecule has 0 bridgehead atoms. The molecule has 1 aliphatic rings. The van der Waals surface area contributed by atoms with E-state index in [0.717, 1.165) is 6.07 Å². The van der Waals surface area contributed by atoms with Crippen molar-refractivity contribution in [3.05, 3.63) is 48.2 Å². The van der Waals surface area contributed by atoms with Crippen LogP contribution in [0.2, 0.25) is 0 Å². The van der Waals surface area contributed by atoms with Crippen molar-refractivity contribution in [2.45, 2.75) is 25.8 Å². The monoisotopic (exact) mass is 363 g/mol. The first-order valence-electron chi connectivity index (χ1n) is 8.36. The summed E-state index contributed by atoms with van der Waals surface area (Å²) < 4.78 is 31.6. The Kier molecular flexibility index (Phi) is 5.29. The number of hydrogen-bond donors (Lipinski definition) is 0. The lowest BCUT2D eigenvalue weighted by Gasteiger charge is -2.41. The molecular weight excluding hydrogens is 344 g/mol. The van der Waals surface area contributed by atoms with Crippen LogP contribution in [0, 0.1) is 11.6 Å². The van der Waals surface area contributed by atoms with Crippen LogP contribution in [0.1, 0.15) is 30.3 Å². The molecule has 0 saturated carbocycles. The van der Waals surface area contributed by atoms with E-state index < -0.39 is 11.6 Å². The van der Waals surface area contributed by atoms with Gasteiger partial charge in [-0.15, -0.1) is 0 Å². The van der Waals surface area contributed by atoms with Gasteiger partial charge in [0.15, 0.2) is 12.2 Å². The van der Waals surface area contributed by atoms with E-state index in [4.69, 9.17) is 4.42 Å². The van der Waals surface area contributed by atoms with Gasteiger partial charge in [-0.2, -0.15) is 0 Å². The second kappa shape index (κ2) is 7.63. The summed E-state index contributed by atoms with van der Waals surface area (Å²) in [6.07, 6.45) is 2.58. The third kappa shape index (κ3) is 4.07. The van der Waals surface area contributed by atoms with Gasteiger partial charge in [-0.3, -0.25) is 9.59 Å². The van der Waals surface area contributed by atoms with E-state index in [2.05, 4.69) is 4.98 Å². The number of aromatic nitrogens is 1. The number of amides is 1. The third-order valence-corrected chi connectivity index (χ3v) is 4.44. The molecule has 1 fully saturated rings. The Morgan fingerprint density at radius 3 is 2.54 bits per heavy atom. The van der Waals surface area contributed by atoms with Crippen molar-refractivity contribution < 1.29 is 22.8 Å². The number of carbonyl (C=O) groups is 2. The van der Waals surface area contributed by atoms with Crippen LogP contribution in [0.4, 0.5) is 14.5 Å². The maximum Gasteiger partial charge on any atom is 0.223 e. The van der Waals surface area contributed by atoms with Crippen molar-refractivity contribution in [2.24, 2.45) is 0 Å². The second-order valence-corrected chi connectivity index (χ2v) is 6.31. The zero-order chi connectivity index (χ0) is 18.7. The molecule has 2 aromatic rings. The van der Waals surface area contributed by atoms with Gasteiger partial charge in [0.2, 0.25) is 5.91 Å². The van der Waals surface area contributed by atoms with Crippen LogP contribution in [0.5, 0.6) is 0 Å². The molecule has 1 amide bonds. The molecule has 1 saturated heterocycles. The molecule has 1 atom stereocenters. The number of ketones is 1. The van der Waals surface area contributed by atoms with Crippen LogP contribution >= 0.6 is 0 Å². The molecule has 0 spiro atoms. The van der Waals surface area contributed by atoms with Crippen molar-refractivity contribution in [3.63, 3.8) is 0 Å². The van der Waals surface area contributed by atoms with E-state index >= 15 is 0 Å². The molecule has 6 nitrogen and oxygen atoms in total. The van der Waals surface area contributed by atoms with Crippen LogP contribution < -0.4 is 4.90 Å². The van der Waals surface area contributed by atoms with Gasteiger partial charge in [-0.1, -0.05) is 0 Å². The summed E-state index contributed by atoms with van der Waals surface area (Å²) >= 11 is 0. The fraction of sp³-hybridized carbons (Fsp3) is 0.389. The van der Waals surface area contributed by atoms with Crippen molar-refractivity contribution >= 4 is 17.4 Å².